The molecule has 0 spiro atoms. The lowest BCUT2D eigenvalue weighted by atomic mass is 10.0. The van der Waals surface area contributed by atoms with Crippen molar-refractivity contribution in [2.24, 2.45) is 0 Å². The van der Waals surface area contributed by atoms with Crippen LogP contribution in [0.1, 0.15) is 55.8 Å². The lowest BCUT2D eigenvalue weighted by Gasteiger charge is -2.43. The number of hydrazine groups is 1. The molecule has 2 aliphatic rings. The topological polar surface area (TPSA) is 125 Å². The number of nitrogens with one attached hydrogen (secondary N) is 2. The van der Waals surface area contributed by atoms with Gasteiger partial charge in [-0.2, -0.15) is 0 Å². The van der Waals surface area contributed by atoms with Crippen molar-refractivity contribution < 1.29 is 28.7 Å². The first-order valence-electron chi connectivity index (χ1n) is 11.9. The van der Waals surface area contributed by atoms with E-state index in [1.165, 1.54) is 22.2 Å². The van der Waals surface area contributed by atoms with Crippen LogP contribution in [0.2, 0.25) is 10.0 Å². The number of ether oxygens (including phenoxy) is 1. The molecule has 1 aromatic carbocycles. The van der Waals surface area contributed by atoms with Gasteiger partial charge >= 0.3 is 5.97 Å². The molecule has 0 aromatic heterocycles. The number of fused-ring (bicyclic) bond motifs is 1. The highest BCUT2D eigenvalue weighted by molar-refractivity contribution is 6.39. The molecule has 2 N–H and O–H groups in total. The maximum atomic E-state index is 13.3. The third kappa shape index (κ3) is 6.16. The van der Waals surface area contributed by atoms with Crippen molar-refractivity contribution in [1.29, 1.82) is 0 Å². The molecule has 0 radical (unpaired) electrons. The van der Waals surface area contributed by atoms with Gasteiger partial charge in [0.05, 0.1) is 27.7 Å². The molecule has 2 fully saturated rings. The molecule has 1 aromatic rings. The Morgan fingerprint density at radius 1 is 1.17 bits per heavy atom. The quantitative estimate of drug-likeness (QED) is 0.459. The standard InChI is InChI=1S/C24H30Cl2N4O6/c1-3-6-16(19(31)13-36-24(35)21-14(25)7-4-8-15(21)26)28-22(33)18-9-5-12-29-20(32)11-10-17(27-2)23(34)30(18)29/h4,7-8,16-18,27H,3,5-6,9-13H2,1-2H3,(H,28,33)/t16-,17-,18-/m0/s1. The summed E-state index contributed by atoms with van der Waals surface area (Å²) in [5.41, 5.74) is -0.0459. The van der Waals surface area contributed by atoms with Gasteiger partial charge in [-0.3, -0.25) is 24.2 Å². The minimum Gasteiger partial charge on any atom is -0.454 e. The predicted octanol–water partition coefficient (Wildman–Crippen LogP) is 2.12. The summed E-state index contributed by atoms with van der Waals surface area (Å²) >= 11 is 12.1. The second kappa shape index (κ2) is 12.5. The summed E-state index contributed by atoms with van der Waals surface area (Å²) in [6.45, 7) is 1.60. The molecule has 0 aliphatic carbocycles. The molecule has 0 bridgehead atoms. The number of esters is 1. The molecule has 12 heteroatoms. The van der Waals surface area contributed by atoms with Crippen molar-refractivity contribution in [2.75, 3.05) is 20.2 Å². The summed E-state index contributed by atoms with van der Waals surface area (Å²) in [6.07, 6.45) is 2.30. The van der Waals surface area contributed by atoms with E-state index in [4.69, 9.17) is 27.9 Å². The van der Waals surface area contributed by atoms with Gasteiger partial charge in [0.15, 0.2) is 12.4 Å². The van der Waals surface area contributed by atoms with Gasteiger partial charge in [-0.1, -0.05) is 42.6 Å². The fraction of sp³-hybridized carbons (Fsp3) is 0.542. The Bertz CT molecular complexity index is 1020. The minimum atomic E-state index is -0.940. The molecule has 3 atom stereocenters. The van der Waals surface area contributed by atoms with Gasteiger partial charge in [0, 0.05) is 13.0 Å². The van der Waals surface area contributed by atoms with E-state index < -0.39 is 42.4 Å². The number of rotatable bonds is 9. The highest BCUT2D eigenvalue weighted by Crippen LogP contribution is 2.26. The molecule has 10 nitrogen and oxygen atoms in total. The Morgan fingerprint density at radius 2 is 1.86 bits per heavy atom. The average molecular weight is 541 g/mol. The van der Waals surface area contributed by atoms with Gasteiger partial charge in [-0.15, -0.1) is 0 Å². The molecule has 196 valence electrons. The number of hydrogen-bond acceptors (Lipinski definition) is 7. The molecule has 2 heterocycles. The number of amides is 3. The minimum absolute atomic E-state index is 0.0459. The number of Topliss-reactive ketones (excluding diaryl/α,β-unsaturated/α-hetero) is 1. The second-order valence-electron chi connectivity index (χ2n) is 8.73. The molecular weight excluding hydrogens is 511 g/mol. The zero-order chi connectivity index (χ0) is 26.4. The first kappa shape index (κ1) is 27.9. The van der Waals surface area contributed by atoms with Crippen LogP contribution in [0.15, 0.2) is 18.2 Å². The van der Waals surface area contributed by atoms with Crippen LogP contribution in [0.3, 0.4) is 0 Å². The van der Waals surface area contributed by atoms with Crippen molar-refractivity contribution in [1.82, 2.24) is 20.7 Å². The van der Waals surface area contributed by atoms with Crippen LogP contribution in [0.25, 0.3) is 0 Å². The Morgan fingerprint density at radius 3 is 2.50 bits per heavy atom. The van der Waals surface area contributed by atoms with Crippen molar-refractivity contribution >= 4 is 52.7 Å². The van der Waals surface area contributed by atoms with Gasteiger partial charge < -0.3 is 15.4 Å². The van der Waals surface area contributed by atoms with Crippen LogP contribution in [0, 0.1) is 0 Å². The van der Waals surface area contributed by atoms with Crippen LogP contribution in [-0.4, -0.2) is 77.8 Å². The van der Waals surface area contributed by atoms with Crippen LogP contribution < -0.4 is 10.6 Å². The van der Waals surface area contributed by atoms with Gasteiger partial charge in [0.1, 0.15) is 6.04 Å². The summed E-state index contributed by atoms with van der Waals surface area (Å²) in [6, 6.07) is 2.08. The van der Waals surface area contributed by atoms with E-state index in [9.17, 15) is 24.0 Å². The summed E-state index contributed by atoms with van der Waals surface area (Å²) in [7, 11) is 1.63. The predicted molar refractivity (Wildman–Crippen MR) is 132 cm³/mol. The third-order valence-electron chi connectivity index (χ3n) is 6.31. The van der Waals surface area contributed by atoms with Gasteiger partial charge in [-0.25, -0.2) is 9.80 Å². The smallest absolute Gasteiger partial charge is 0.341 e. The molecule has 2 saturated heterocycles. The number of nitrogens with zero attached hydrogens (tertiary/aromatic N) is 2. The van der Waals surface area contributed by atoms with Crippen LogP contribution in [0.4, 0.5) is 0 Å². The Kier molecular flexibility index (Phi) is 9.69. The molecule has 0 unspecified atom stereocenters. The van der Waals surface area contributed by atoms with E-state index in [1.807, 2.05) is 6.92 Å². The summed E-state index contributed by atoms with van der Waals surface area (Å²) in [5.74, 6) is -2.47. The van der Waals surface area contributed by atoms with Crippen LogP contribution in [-0.2, 0) is 23.9 Å². The second-order valence-corrected chi connectivity index (χ2v) is 9.54. The monoisotopic (exact) mass is 540 g/mol. The molecular formula is C24H30Cl2N4O6. The summed E-state index contributed by atoms with van der Waals surface area (Å²) < 4.78 is 5.13. The lowest BCUT2D eigenvalue weighted by molar-refractivity contribution is -0.176. The van der Waals surface area contributed by atoms with Crippen molar-refractivity contribution in [3.05, 3.63) is 33.8 Å². The van der Waals surface area contributed by atoms with Crippen LogP contribution in [0.5, 0.6) is 0 Å². The Balaban J connectivity index is 1.70. The van der Waals surface area contributed by atoms with E-state index >= 15 is 0 Å². The number of ketones is 1. The zero-order valence-electron chi connectivity index (χ0n) is 20.2. The Labute approximate surface area is 219 Å². The third-order valence-corrected chi connectivity index (χ3v) is 6.94. The maximum Gasteiger partial charge on any atom is 0.341 e. The molecule has 3 rings (SSSR count). The highest BCUT2D eigenvalue weighted by atomic mass is 35.5. The highest BCUT2D eigenvalue weighted by Gasteiger charge is 2.44. The summed E-state index contributed by atoms with van der Waals surface area (Å²) in [4.78, 5) is 64.4. The first-order chi connectivity index (χ1) is 17.2. The van der Waals surface area contributed by atoms with E-state index in [-0.39, 0.29) is 33.8 Å². The maximum absolute atomic E-state index is 13.3. The number of benzene rings is 1. The number of carbonyl (C=O) groups is 5. The van der Waals surface area contributed by atoms with E-state index in [0.29, 0.717) is 38.6 Å². The number of hydrogen-bond donors (Lipinski definition) is 2. The van der Waals surface area contributed by atoms with Crippen molar-refractivity contribution in [2.45, 2.75) is 63.6 Å². The number of likely N-dealkylation sites (N-methyl/N-ethyl adjacent to an activating group) is 1. The SMILES string of the molecule is CCC[C@H](NC(=O)[C@@H]1CCCN2C(=O)CC[C@H](NC)C(=O)N12)C(=O)COC(=O)c1c(Cl)cccc1Cl. The van der Waals surface area contributed by atoms with Crippen molar-refractivity contribution in [3.8, 4) is 0 Å². The van der Waals surface area contributed by atoms with Crippen LogP contribution >= 0.6 is 23.2 Å². The van der Waals surface area contributed by atoms with Gasteiger partial charge in [0.25, 0.3) is 5.91 Å². The fourth-order valence-corrected chi connectivity index (χ4v) is 4.96. The number of carbonyl (C=O) groups excluding carboxylic acids is 5. The van der Waals surface area contributed by atoms with E-state index in [2.05, 4.69) is 10.6 Å². The molecule has 2 aliphatic heterocycles. The molecule has 3 amide bonds. The molecule has 36 heavy (non-hydrogen) atoms. The fourth-order valence-electron chi connectivity index (χ4n) is 4.41. The summed E-state index contributed by atoms with van der Waals surface area (Å²) in [5, 5.41) is 8.40. The zero-order valence-corrected chi connectivity index (χ0v) is 21.7. The largest absolute Gasteiger partial charge is 0.454 e. The number of halogens is 2. The van der Waals surface area contributed by atoms with Gasteiger partial charge in [-0.05, 0) is 44.9 Å². The van der Waals surface area contributed by atoms with E-state index in [1.54, 1.807) is 13.1 Å². The van der Waals surface area contributed by atoms with E-state index in [0.717, 1.165) is 0 Å². The Hall–Kier alpha value is -2.69. The van der Waals surface area contributed by atoms with Crippen molar-refractivity contribution in [3.63, 3.8) is 0 Å². The molecule has 0 saturated carbocycles. The van der Waals surface area contributed by atoms with Gasteiger partial charge in [0.2, 0.25) is 11.8 Å². The first-order valence-corrected chi connectivity index (χ1v) is 12.7. The normalized spacial score (nSPS) is 20.9. The lowest BCUT2D eigenvalue weighted by Crippen LogP contribution is -2.64. The average Bonchev–Trinajstić information content (AvgIpc) is 2.98.